The van der Waals surface area contributed by atoms with Gasteiger partial charge in [-0.3, -0.25) is 9.69 Å². The summed E-state index contributed by atoms with van der Waals surface area (Å²) in [5.41, 5.74) is -1.19. The summed E-state index contributed by atoms with van der Waals surface area (Å²) in [5, 5.41) is 9.75. The minimum atomic E-state index is -0.615. The molecule has 6 heteroatoms. The number of nitrogens with zero attached hydrogens (tertiary/aromatic N) is 1. The van der Waals surface area contributed by atoms with E-state index in [1.165, 1.54) is 4.90 Å². The Kier molecular flexibility index (Phi) is 5.25. The molecule has 21 heavy (non-hydrogen) atoms. The molecule has 0 unspecified atom stereocenters. The molecular weight excluding hydrogens is 274 g/mol. The largest absolute Gasteiger partial charge is 0.463 e. The lowest BCUT2D eigenvalue weighted by Crippen LogP contribution is -2.42. The van der Waals surface area contributed by atoms with Gasteiger partial charge in [-0.05, 0) is 48.0 Å². The van der Waals surface area contributed by atoms with Crippen LogP contribution in [0.2, 0.25) is 0 Å². The molecule has 0 aromatic carbocycles. The van der Waals surface area contributed by atoms with Crippen LogP contribution in [0.15, 0.2) is 0 Å². The zero-order valence-corrected chi connectivity index (χ0v) is 13.8. The number of hydrogen-bond acceptors (Lipinski definition) is 5. The van der Waals surface area contributed by atoms with Crippen LogP contribution in [0.4, 0.5) is 4.79 Å². The molecule has 0 aromatic rings. The summed E-state index contributed by atoms with van der Waals surface area (Å²) in [6.07, 6.45) is -0.719. The van der Waals surface area contributed by atoms with Crippen LogP contribution in [0.3, 0.4) is 0 Å². The number of ether oxygens (including phenoxy) is 2. The van der Waals surface area contributed by atoms with Gasteiger partial charge in [-0.1, -0.05) is 0 Å². The zero-order chi connectivity index (χ0) is 16.4. The van der Waals surface area contributed by atoms with Crippen LogP contribution in [0.25, 0.3) is 0 Å². The summed E-state index contributed by atoms with van der Waals surface area (Å²) in [6, 6.07) is -0.346. The van der Waals surface area contributed by atoms with Crippen LogP contribution in [0.5, 0.6) is 0 Å². The van der Waals surface area contributed by atoms with Gasteiger partial charge < -0.3 is 14.6 Å². The molecule has 1 aliphatic heterocycles. The molecule has 0 spiro atoms. The van der Waals surface area contributed by atoms with Crippen LogP contribution in [0, 0.1) is 5.41 Å². The maximum absolute atomic E-state index is 12.1. The van der Waals surface area contributed by atoms with Crippen molar-refractivity contribution >= 4 is 12.1 Å². The minimum absolute atomic E-state index is 0.0758. The molecule has 1 fully saturated rings. The fourth-order valence-electron chi connectivity index (χ4n) is 1.98. The van der Waals surface area contributed by atoms with Crippen molar-refractivity contribution in [2.24, 2.45) is 5.41 Å². The summed E-state index contributed by atoms with van der Waals surface area (Å²) >= 11 is 0. The molecular formula is C15H27NO5. The molecule has 0 radical (unpaired) electrons. The van der Waals surface area contributed by atoms with Gasteiger partial charge >= 0.3 is 12.1 Å². The second-order valence-electron chi connectivity index (χ2n) is 7.52. The number of esters is 1. The lowest BCUT2D eigenvalue weighted by atomic mass is 9.97. The Balaban J connectivity index is 2.63. The average molecular weight is 301 g/mol. The lowest BCUT2D eigenvalue weighted by Gasteiger charge is -2.28. The van der Waals surface area contributed by atoms with Crippen molar-refractivity contribution < 1.29 is 24.2 Å². The third-order valence-electron chi connectivity index (χ3n) is 3.04. The third-order valence-corrected chi connectivity index (χ3v) is 3.04. The summed E-state index contributed by atoms with van der Waals surface area (Å²) in [7, 11) is 0. The van der Waals surface area contributed by atoms with Crippen molar-refractivity contribution in [2.45, 2.75) is 65.7 Å². The van der Waals surface area contributed by atoms with E-state index >= 15 is 0 Å². The van der Waals surface area contributed by atoms with Crippen LogP contribution >= 0.6 is 0 Å². The molecule has 6 nitrogen and oxygen atoms in total. The predicted octanol–water partition coefficient (Wildman–Crippen LogP) is 1.95. The molecule has 1 rings (SSSR count). The van der Waals surface area contributed by atoms with Gasteiger partial charge in [0.1, 0.15) is 12.2 Å². The zero-order valence-electron chi connectivity index (χ0n) is 13.8. The first-order valence-electron chi connectivity index (χ1n) is 7.25. The van der Waals surface area contributed by atoms with Crippen LogP contribution in [-0.4, -0.2) is 53.0 Å². The van der Waals surface area contributed by atoms with Crippen LogP contribution < -0.4 is 0 Å². The molecule has 1 aliphatic rings. The van der Waals surface area contributed by atoms with Gasteiger partial charge in [-0.25, -0.2) is 4.79 Å². The Bertz CT molecular complexity index is 394. The Morgan fingerprint density at radius 1 is 1.19 bits per heavy atom. The molecule has 1 amide bonds. The van der Waals surface area contributed by atoms with Gasteiger partial charge in [-0.2, -0.15) is 0 Å². The fourth-order valence-corrected chi connectivity index (χ4v) is 1.98. The first-order chi connectivity index (χ1) is 9.40. The van der Waals surface area contributed by atoms with E-state index in [0.717, 1.165) is 0 Å². The molecule has 1 saturated heterocycles. The van der Waals surface area contributed by atoms with Crippen molar-refractivity contribution in [2.75, 3.05) is 13.2 Å². The normalized spacial score (nSPS) is 23.1. The Labute approximate surface area is 126 Å². The number of β-amino-alcohol motifs (C(OH)–C–C–N with tert-alkyl or cyclic N) is 1. The van der Waals surface area contributed by atoms with E-state index in [1.807, 2.05) is 0 Å². The SMILES string of the molecule is CC(C)(C)OC(=O)N1C[C@@H](O)C[C@@H]1COC(=O)C(C)(C)C. The number of amides is 1. The highest BCUT2D eigenvalue weighted by Gasteiger charge is 2.38. The highest BCUT2D eigenvalue weighted by molar-refractivity contribution is 5.75. The number of aliphatic hydroxyl groups is 1. The number of carbonyl (C=O) groups excluding carboxylic acids is 2. The average Bonchev–Trinajstić information content (AvgIpc) is 2.63. The second-order valence-corrected chi connectivity index (χ2v) is 7.52. The number of carbonyl (C=O) groups is 2. The summed E-state index contributed by atoms with van der Waals surface area (Å²) < 4.78 is 10.6. The third kappa shape index (κ3) is 5.53. The fraction of sp³-hybridized carbons (Fsp3) is 0.867. The van der Waals surface area contributed by atoms with Crippen molar-refractivity contribution in [3.63, 3.8) is 0 Å². The van der Waals surface area contributed by atoms with Gasteiger partial charge in [0, 0.05) is 0 Å². The topological polar surface area (TPSA) is 76.1 Å². The Hall–Kier alpha value is -1.30. The van der Waals surface area contributed by atoms with E-state index in [4.69, 9.17) is 9.47 Å². The molecule has 0 aromatic heterocycles. The van der Waals surface area contributed by atoms with Gasteiger partial charge in [-0.15, -0.1) is 0 Å². The van der Waals surface area contributed by atoms with Crippen molar-refractivity contribution in [3.8, 4) is 0 Å². The molecule has 0 saturated carbocycles. The highest BCUT2D eigenvalue weighted by Crippen LogP contribution is 2.23. The second kappa shape index (κ2) is 6.22. The number of rotatable bonds is 2. The summed E-state index contributed by atoms with van der Waals surface area (Å²) in [6.45, 7) is 10.9. The Morgan fingerprint density at radius 3 is 2.24 bits per heavy atom. The van der Waals surface area contributed by atoms with Crippen molar-refractivity contribution in [1.29, 1.82) is 0 Å². The van der Waals surface area contributed by atoms with Crippen LogP contribution in [0.1, 0.15) is 48.0 Å². The van der Waals surface area contributed by atoms with Crippen LogP contribution in [-0.2, 0) is 14.3 Å². The van der Waals surface area contributed by atoms with Crippen molar-refractivity contribution in [1.82, 2.24) is 4.90 Å². The maximum Gasteiger partial charge on any atom is 0.410 e. The lowest BCUT2D eigenvalue weighted by molar-refractivity contribution is -0.154. The number of likely N-dealkylation sites (tertiary alicyclic amines) is 1. The predicted molar refractivity (Wildman–Crippen MR) is 77.8 cm³/mol. The van der Waals surface area contributed by atoms with Gasteiger partial charge in [0.25, 0.3) is 0 Å². The molecule has 1 N–H and O–H groups in total. The van der Waals surface area contributed by atoms with E-state index in [1.54, 1.807) is 41.5 Å². The molecule has 122 valence electrons. The van der Waals surface area contributed by atoms with E-state index in [9.17, 15) is 14.7 Å². The summed E-state index contributed by atoms with van der Waals surface area (Å²) in [4.78, 5) is 25.3. The highest BCUT2D eigenvalue weighted by atomic mass is 16.6. The van der Waals surface area contributed by atoms with Gasteiger partial charge in [0.2, 0.25) is 0 Å². The smallest absolute Gasteiger partial charge is 0.410 e. The standard InChI is InChI=1S/C15H27NO5/c1-14(2,3)12(18)20-9-10-7-11(17)8-16(10)13(19)21-15(4,5)6/h10-11,17H,7-9H2,1-6H3/t10-,11+/m1/s1. The molecule has 0 bridgehead atoms. The molecule has 2 atom stereocenters. The minimum Gasteiger partial charge on any atom is -0.463 e. The monoisotopic (exact) mass is 301 g/mol. The number of hydrogen-bond donors (Lipinski definition) is 1. The Morgan fingerprint density at radius 2 is 1.76 bits per heavy atom. The van der Waals surface area contributed by atoms with E-state index in [0.29, 0.717) is 6.42 Å². The first kappa shape index (κ1) is 17.8. The quantitative estimate of drug-likeness (QED) is 0.789. The summed E-state index contributed by atoms with van der Waals surface area (Å²) in [5.74, 6) is -0.326. The molecule has 0 aliphatic carbocycles. The van der Waals surface area contributed by atoms with Crippen molar-refractivity contribution in [3.05, 3.63) is 0 Å². The first-order valence-corrected chi connectivity index (χ1v) is 7.25. The van der Waals surface area contributed by atoms with E-state index in [-0.39, 0.29) is 25.2 Å². The van der Waals surface area contributed by atoms with Gasteiger partial charge in [0.15, 0.2) is 0 Å². The molecule has 1 heterocycles. The van der Waals surface area contributed by atoms with E-state index in [2.05, 4.69) is 0 Å². The van der Waals surface area contributed by atoms with E-state index < -0.39 is 23.2 Å². The number of aliphatic hydroxyl groups excluding tert-OH is 1. The maximum atomic E-state index is 12.1. The van der Waals surface area contributed by atoms with Gasteiger partial charge in [0.05, 0.1) is 24.1 Å².